The van der Waals surface area contributed by atoms with E-state index in [1.165, 1.54) is 30.5 Å². The number of nitrogens with zero attached hydrogens (tertiary/aromatic N) is 1. The van der Waals surface area contributed by atoms with E-state index in [4.69, 9.17) is 39.9 Å². The number of hydrogen-bond acceptors (Lipinski definition) is 3. The lowest BCUT2D eigenvalue weighted by Gasteiger charge is -2.10. The van der Waals surface area contributed by atoms with Crippen molar-refractivity contribution in [1.82, 2.24) is 4.98 Å². The van der Waals surface area contributed by atoms with Gasteiger partial charge in [-0.25, -0.2) is 4.79 Å². The fourth-order valence-electron chi connectivity index (χ4n) is 1.59. The maximum Gasteiger partial charge on any atom is 0.338 e. The zero-order valence-electron chi connectivity index (χ0n) is 10.2. The standard InChI is InChI=1S/C13H7Cl3N2O3/c14-6-4-8(15)11(9(16)5-6)18-12(19)10-7(13(20)21)2-1-3-17-10/h1-5H,(H,18,19)(H,20,21). The van der Waals surface area contributed by atoms with Crippen molar-refractivity contribution in [1.29, 1.82) is 0 Å². The number of amides is 1. The van der Waals surface area contributed by atoms with E-state index in [2.05, 4.69) is 10.3 Å². The average molecular weight is 346 g/mol. The van der Waals surface area contributed by atoms with E-state index < -0.39 is 11.9 Å². The minimum absolute atomic E-state index is 0.133. The number of aromatic nitrogens is 1. The van der Waals surface area contributed by atoms with E-state index in [1.807, 2.05) is 0 Å². The molecule has 1 heterocycles. The number of anilines is 1. The summed E-state index contributed by atoms with van der Waals surface area (Å²) in [6.45, 7) is 0. The summed E-state index contributed by atoms with van der Waals surface area (Å²) in [6.07, 6.45) is 1.31. The van der Waals surface area contributed by atoms with Crippen molar-refractivity contribution < 1.29 is 14.7 Å². The molecule has 1 aromatic heterocycles. The van der Waals surface area contributed by atoms with E-state index in [0.29, 0.717) is 5.02 Å². The number of carboxylic acids is 1. The highest BCUT2D eigenvalue weighted by Crippen LogP contribution is 2.33. The van der Waals surface area contributed by atoms with Gasteiger partial charge in [0.05, 0.1) is 21.3 Å². The summed E-state index contributed by atoms with van der Waals surface area (Å²) >= 11 is 17.7. The minimum Gasteiger partial charge on any atom is -0.478 e. The van der Waals surface area contributed by atoms with Gasteiger partial charge >= 0.3 is 5.97 Å². The quantitative estimate of drug-likeness (QED) is 0.881. The average Bonchev–Trinajstić information content (AvgIpc) is 2.42. The molecule has 0 spiro atoms. The molecule has 0 radical (unpaired) electrons. The lowest BCUT2D eigenvalue weighted by Crippen LogP contribution is -2.18. The molecule has 0 aliphatic carbocycles. The van der Waals surface area contributed by atoms with Gasteiger partial charge in [0.2, 0.25) is 0 Å². The van der Waals surface area contributed by atoms with Gasteiger partial charge < -0.3 is 10.4 Å². The molecule has 2 rings (SSSR count). The van der Waals surface area contributed by atoms with Crippen LogP contribution in [0.2, 0.25) is 15.1 Å². The van der Waals surface area contributed by atoms with Crippen molar-refractivity contribution in [3.63, 3.8) is 0 Å². The molecule has 0 aliphatic heterocycles. The molecule has 0 atom stereocenters. The minimum atomic E-state index is -1.26. The molecule has 0 aliphatic rings. The number of rotatable bonds is 3. The third kappa shape index (κ3) is 3.44. The third-order valence-electron chi connectivity index (χ3n) is 2.50. The fourth-order valence-corrected chi connectivity index (χ4v) is 2.50. The lowest BCUT2D eigenvalue weighted by molar-refractivity contribution is 0.0691. The first-order chi connectivity index (χ1) is 9.90. The molecule has 0 bridgehead atoms. The Morgan fingerprint density at radius 1 is 1.14 bits per heavy atom. The second-order valence-corrected chi connectivity index (χ2v) is 5.15. The molecule has 108 valence electrons. The second-order valence-electron chi connectivity index (χ2n) is 3.90. The Bertz CT molecular complexity index is 711. The van der Waals surface area contributed by atoms with Crippen molar-refractivity contribution in [2.45, 2.75) is 0 Å². The van der Waals surface area contributed by atoms with Crippen LogP contribution in [0.3, 0.4) is 0 Å². The summed E-state index contributed by atoms with van der Waals surface area (Å²) in [7, 11) is 0. The Kier molecular flexibility index (Phi) is 4.67. The normalized spacial score (nSPS) is 10.2. The summed E-state index contributed by atoms with van der Waals surface area (Å²) in [5.74, 6) is -2.00. The van der Waals surface area contributed by atoms with Gasteiger partial charge in [0, 0.05) is 11.2 Å². The van der Waals surface area contributed by atoms with Crippen LogP contribution in [-0.4, -0.2) is 22.0 Å². The highest BCUT2D eigenvalue weighted by atomic mass is 35.5. The molecule has 5 nitrogen and oxygen atoms in total. The predicted molar refractivity (Wildman–Crippen MR) is 80.6 cm³/mol. The Labute approximate surface area is 134 Å². The number of pyridine rings is 1. The van der Waals surface area contributed by atoms with Gasteiger partial charge in [-0.3, -0.25) is 9.78 Å². The van der Waals surface area contributed by atoms with Crippen molar-refractivity contribution in [2.24, 2.45) is 0 Å². The largest absolute Gasteiger partial charge is 0.478 e. The molecule has 2 N–H and O–H groups in total. The van der Waals surface area contributed by atoms with Crippen LogP contribution < -0.4 is 5.32 Å². The van der Waals surface area contributed by atoms with Crippen LogP contribution in [0.15, 0.2) is 30.5 Å². The van der Waals surface area contributed by atoms with Crippen LogP contribution in [0.4, 0.5) is 5.69 Å². The number of carbonyl (C=O) groups is 2. The number of halogens is 3. The van der Waals surface area contributed by atoms with Crippen molar-refractivity contribution in [2.75, 3.05) is 5.32 Å². The highest BCUT2D eigenvalue weighted by molar-refractivity contribution is 6.42. The van der Waals surface area contributed by atoms with Gasteiger partial charge in [-0.15, -0.1) is 0 Å². The lowest BCUT2D eigenvalue weighted by atomic mass is 10.2. The van der Waals surface area contributed by atoms with Crippen molar-refractivity contribution in [3.05, 3.63) is 56.8 Å². The molecule has 0 saturated carbocycles. The van der Waals surface area contributed by atoms with Crippen LogP contribution in [0.1, 0.15) is 20.8 Å². The zero-order chi connectivity index (χ0) is 15.6. The molecule has 8 heteroatoms. The van der Waals surface area contributed by atoms with E-state index in [9.17, 15) is 9.59 Å². The maximum atomic E-state index is 12.1. The molecule has 2 aromatic rings. The van der Waals surface area contributed by atoms with Gasteiger partial charge in [-0.2, -0.15) is 0 Å². The number of aromatic carboxylic acids is 1. The van der Waals surface area contributed by atoms with Crippen LogP contribution in [0.5, 0.6) is 0 Å². The van der Waals surface area contributed by atoms with Crippen LogP contribution in [0, 0.1) is 0 Å². The number of hydrogen-bond donors (Lipinski definition) is 2. The van der Waals surface area contributed by atoms with Gasteiger partial charge in [-0.05, 0) is 24.3 Å². The van der Waals surface area contributed by atoms with Crippen LogP contribution in [0.25, 0.3) is 0 Å². The second kappa shape index (κ2) is 6.30. The summed E-state index contributed by atoms with van der Waals surface area (Å²) < 4.78 is 0. The van der Waals surface area contributed by atoms with Crippen LogP contribution in [-0.2, 0) is 0 Å². The van der Waals surface area contributed by atoms with Crippen molar-refractivity contribution >= 4 is 52.4 Å². The molecule has 1 aromatic carbocycles. The SMILES string of the molecule is O=C(O)c1cccnc1C(=O)Nc1c(Cl)cc(Cl)cc1Cl. The number of carboxylic acid groups (broad SMARTS) is 1. The maximum absolute atomic E-state index is 12.1. The predicted octanol–water partition coefficient (Wildman–Crippen LogP) is 3.99. The number of nitrogens with one attached hydrogen (secondary N) is 1. The molecule has 0 saturated heterocycles. The molecule has 0 fully saturated rings. The highest BCUT2D eigenvalue weighted by Gasteiger charge is 2.19. The molecular weight excluding hydrogens is 339 g/mol. The van der Waals surface area contributed by atoms with Gasteiger partial charge in [0.25, 0.3) is 5.91 Å². The first kappa shape index (κ1) is 15.6. The number of carbonyl (C=O) groups excluding carboxylic acids is 1. The molecule has 1 amide bonds. The Morgan fingerprint density at radius 3 is 2.33 bits per heavy atom. The van der Waals surface area contributed by atoms with E-state index >= 15 is 0 Å². The zero-order valence-corrected chi connectivity index (χ0v) is 12.5. The van der Waals surface area contributed by atoms with Gasteiger partial charge in [-0.1, -0.05) is 34.8 Å². The van der Waals surface area contributed by atoms with E-state index in [0.717, 1.165) is 0 Å². The fraction of sp³-hybridized carbons (Fsp3) is 0. The Hall–Kier alpha value is -1.82. The summed E-state index contributed by atoms with van der Waals surface area (Å²) in [5, 5.41) is 12.0. The smallest absolute Gasteiger partial charge is 0.338 e. The Morgan fingerprint density at radius 2 is 1.76 bits per heavy atom. The molecule has 0 unspecified atom stereocenters. The molecular formula is C13H7Cl3N2O3. The summed E-state index contributed by atoms with van der Waals surface area (Å²) in [5.41, 5.74) is -0.335. The summed E-state index contributed by atoms with van der Waals surface area (Å²) in [4.78, 5) is 27.0. The van der Waals surface area contributed by atoms with E-state index in [-0.39, 0.29) is 27.0 Å². The first-order valence-electron chi connectivity index (χ1n) is 5.54. The van der Waals surface area contributed by atoms with Crippen LogP contribution >= 0.6 is 34.8 Å². The van der Waals surface area contributed by atoms with Gasteiger partial charge in [0.15, 0.2) is 0 Å². The monoisotopic (exact) mass is 344 g/mol. The Balaban J connectivity index is 2.38. The molecule has 21 heavy (non-hydrogen) atoms. The van der Waals surface area contributed by atoms with Crippen molar-refractivity contribution in [3.8, 4) is 0 Å². The van der Waals surface area contributed by atoms with Gasteiger partial charge in [0.1, 0.15) is 5.69 Å². The third-order valence-corrected chi connectivity index (χ3v) is 3.31. The number of benzene rings is 1. The summed E-state index contributed by atoms with van der Waals surface area (Å²) in [6, 6.07) is 5.50. The first-order valence-corrected chi connectivity index (χ1v) is 6.67. The topological polar surface area (TPSA) is 79.3 Å². The van der Waals surface area contributed by atoms with E-state index in [1.54, 1.807) is 0 Å².